The summed E-state index contributed by atoms with van der Waals surface area (Å²) in [5.74, 6) is -1.01. The van der Waals surface area contributed by atoms with Crippen LogP contribution in [0.15, 0.2) is 0 Å². The SMILES string of the molecule is CC(C)(C)CC(CO)OC(COC(=O)NCCC(=O)O)OC(C)(C)C. The molecule has 0 saturated heterocycles. The molecule has 0 aromatic carbocycles. The first-order chi connectivity index (χ1) is 11.3. The van der Waals surface area contributed by atoms with Crippen molar-refractivity contribution in [2.24, 2.45) is 5.41 Å². The first-order valence-electron chi connectivity index (χ1n) is 8.39. The molecule has 2 unspecified atom stereocenters. The Bertz CT molecular complexity index is 412. The van der Waals surface area contributed by atoms with E-state index in [9.17, 15) is 14.7 Å². The molecule has 8 nitrogen and oxygen atoms in total. The van der Waals surface area contributed by atoms with E-state index < -0.39 is 30.1 Å². The lowest BCUT2D eigenvalue weighted by Crippen LogP contribution is -2.39. The largest absolute Gasteiger partial charge is 0.481 e. The summed E-state index contributed by atoms with van der Waals surface area (Å²) in [6, 6.07) is 0. The highest BCUT2D eigenvalue weighted by atomic mass is 16.7. The molecule has 0 aliphatic heterocycles. The fourth-order valence-electron chi connectivity index (χ4n) is 2.02. The molecule has 0 radical (unpaired) electrons. The van der Waals surface area contributed by atoms with Crippen LogP contribution in [0.3, 0.4) is 0 Å². The van der Waals surface area contributed by atoms with E-state index in [0.29, 0.717) is 6.42 Å². The number of aliphatic hydroxyl groups is 1. The number of hydrogen-bond donors (Lipinski definition) is 3. The second-order valence-corrected chi connectivity index (χ2v) is 8.03. The Morgan fingerprint density at radius 3 is 2.16 bits per heavy atom. The fraction of sp³-hybridized carbons (Fsp3) is 0.882. The Hall–Kier alpha value is -1.38. The highest BCUT2D eigenvalue weighted by Gasteiger charge is 2.26. The summed E-state index contributed by atoms with van der Waals surface area (Å²) in [7, 11) is 0. The average Bonchev–Trinajstić information content (AvgIpc) is 2.40. The average molecular weight is 363 g/mol. The van der Waals surface area contributed by atoms with Crippen LogP contribution in [0.4, 0.5) is 4.79 Å². The Balaban J connectivity index is 4.61. The molecular weight excluding hydrogens is 330 g/mol. The summed E-state index contributed by atoms with van der Waals surface area (Å²) in [5, 5.41) is 20.4. The standard InChI is InChI=1S/C17H33NO7/c1-16(2,3)9-12(10-19)24-14(25-17(4,5)6)11-23-15(22)18-8-7-13(20)21/h12,14,19H,7-11H2,1-6H3,(H,18,22)(H,20,21). The molecule has 0 saturated carbocycles. The first kappa shape index (κ1) is 23.6. The Morgan fingerprint density at radius 2 is 1.72 bits per heavy atom. The van der Waals surface area contributed by atoms with Gasteiger partial charge in [-0.3, -0.25) is 4.79 Å². The van der Waals surface area contributed by atoms with Crippen molar-refractivity contribution in [2.75, 3.05) is 19.8 Å². The normalized spacial score (nSPS) is 14.7. The number of ether oxygens (including phenoxy) is 3. The minimum atomic E-state index is -1.01. The van der Waals surface area contributed by atoms with Gasteiger partial charge in [0, 0.05) is 6.54 Å². The number of amides is 1. The molecule has 0 fully saturated rings. The van der Waals surface area contributed by atoms with Gasteiger partial charge in [0.1, 0.15) is 6.61 Å². The summed E-state index contributed by atoms with van der Waals surface area (Å²) in [4.78, 5) is 22.0. The maximum absolute atomic E-state index is 11.6. The Morgan fingerprint density at radius 1 is 1.12 bits per heavy atom. The van der Waals surface area contributed by atoms with Gasteiger partial charge in [-0.05, 0) is 32.6 Å². The zero-order valence-corrected chi connectivity index (χ0v) is 16.1. The van der Waals surface area contributed by atoms with Crippen molar-refractivity contribution < 1.29 is 34.0 Å². The smallest absolute Gasteiger partial charge is 0.407 e. The molecule has 0 aromatic rings. The highest BCUT2D eigenvalue weighted by molar-refractivity contribution is 5.70. The predicted octanol–water partition coefficient (Wildman–Crippen LogP) is 2.14. The minimum Gasteiger partial charge on any atom is -0.481 e. The number of carboxylic acids is 1. The molecule has 0 aliphatic carbocycles. The number of nitrogens with one attached hydrogen (secondary N) is 1. The summed E-state index contributed by atoms with van der Waals surface area (Å²) in [6.45, 7) is 11.3. The Kier molecular flexibility index (Phi) is 9.99. The van der Waals surface area contributed by atoms with Crippen molar-refractivity contribution in [2.45, 2.75) is 72.4 Å². The molecular formula is C17H33NO7. The third kappa shape index (κ3) is 14.7. The number of carboxylic acid groups (broad SMARTS) is 1. The van der Waals surface area contributed by atoms with Crippen LogP contribution in [0.1, 0.15) is 54.4 Å². The quantitative estimate of drug-likeness (QED) is 0.509. The van der Waals surface area contributed by atoms with E-state index in [1.54, 1.807) is 0 Å². The molecule has 148 valence electrons. The molecule has 2 atom stereocenters. The monoisotopic (exact) mass is 363 g/mol. The summed E-state index contributed by atoms with van der Waals surface area (Å²) < 4.78 is 16.6. The second-order valence-electron chi connectivity index (χ2n) is 8.03. The van der Waals surface area contributed by atoms with Crippen molar-refractivity contribution in [3.05, 3.63) is 0 Å². The van der Waals surface area contributed by atoms with Gasteiger partial charge in [0.2, 0.25) is 0 Å². The molecule has 0 bridgehead atoms. The maximum atomic E-state index is 11.6. The van der Waals surface area contributed by atoms with Crippen molar-refractivity contribution >= 4 is 12.1 Å². The zero-order valence-electron chi connectivity index (χ0n) is 16.1. The van der Waals surface area contributed by atoms with Gasteiger partial charge >= 0.3 is 12.1 Å². The Labute approximate surface area is 149 Å². The van der Waals surface area contributed by atoms with Crippen molar-refractivity contribution in [1.82, 2.24) is 5.32 Å². The van der Waals surface area contributed by atoms with E-state index in [0.717, 1.165) is 0 Å². The molecule has 3 N–H and O–H groups in total. The summed E-state index contributed by atoms with van der Waals surface area (Å²) in [6.07, 6.45) is -1.62. The molecule has 0 aromatic heterocycles. The summed E-state index contributed by atoms with van der Waals surface area (Å²) >= 11 is 0. The second kappa shape index (κ2) is 10.6. The van der Waals surface area contributed by atoms with Crippen LogP contribution in [0.5, 0.6) is 0 Å². The van der Waals surface area contributed by atoms with Gasteiger partial charge in [-0.25, -0.2) is 4.79 Å². The maximum Gasteiger partial charge on any atom is 0.407 e. The number of aliphatic carboxylic acids is 1. The number of rotatable bonds is 10. The fourth-order valence-corrected chi connectivity index (χ4v) is 2.02. The van der Waals surface area contributed by atoms with Gasteiger partial charge in [-0.1, -0.05) is 20.8 Å². The van der Waals surface area contributed by atoms with E-state index in [4.69, 9.17) is 19.3 Å². The van der Waals surface area contributed by atoms with Gasteiger partial charge < -0.3 is 29.7 Å². The molecule has 1 amide bonds. The lowest BCUT2D eigenvalue weighted by Gasteiger charge is -2.32. The molecule has 0 heterocycles. The minimum absolute atomic E-state index is 0.0247. The highest BCUT2D eigenvalue weighted by Crippen LogP contribution is 2.24. The third-order valence-electron chi connectivity index (χ3n) is 2.83. The number of alkyl carbamates (subject to hydrolysis) is 1. The van der Waals surface area contributed by atoms with Gasteiger partial charge in [0.25, 0.3) is 0 Å². The van der Waals surface area contributed by atoms with E-state index in [2.05, 4.69) is 5.32 Å². The molecule has 0 spiro atoms. The van der Waals surface area contributed by atoms with Crippen LogP contribution >= 0.6 is 0 Å². The first-order valence-corrected chi connectivity index (χ1v) is 8.39. The predicted molar refractivity (Wildman–Crippen MR) is 92.3 cm³/mol. The van der Waals surface area contributed by atoms with Gasteiger partial charge in [-0.15, -0.1) is 0 Å². The van der Waals surface area contributed by atoms with Crippen LogP contribution in [0.2, 0.25) is 0 Å². The van der Waals surface area contributed by atoms with Crippen LogP contribution in [0, 0.1) is 5.41 Å². The van der Waals surface area contributed by atoms with E-state index in [1.807, 2.05) is 41.5 Å². The van der Waals surface area contributed by atoms with E-state index in [1.165, 1.54) is 0 Å². The number of aliphatic hydroxyl groups excluding tert-OH is 1. The van der Waals surface area contributed by atoms with Crippen molar-refractivity contribution in [3.8, 4) is 0 Å². The molecule has 25 heavy (non-hydrogen) atoms. The molecule has 8 heteroatoms. The van der Waals surface area contributed by atoms with Gasteiger partial charge in [-0.2, -0.15) is 0 Å². The summed E-state index contributed by atoms with van der Waals surface area (Å²) in [5.41, 5.74) is -0.579. The van der Waals surface area contributed by atoms with E-state index >= 15 is 0 Å². The third-order valence-corrected chi connectivity index (χ3v) is 2.83. The zero-order chi connectivity index (χ0) is 19.7. The van der Waals surface area contributed by atoms with Crippen LogP contribution in [-0.4, -0.2) is 60.0 Å². The molecule has 0 rings (SSSR count). The number of hydrogen-bond acceptors (Lipinski definition) is 6. The van der Waals surface area contributed by atoms with Crippen molar-refractivity contribution in [3.63, 3.8) is 0 Å². The van der Waals surface area contributed by atoms with Crippen molar-refractivity contribution in [1.29, 1.82) is 0 Å². The van der Waals surface area contributed by atoms with Gasteiger partial charge in [0.05, 0.1) is 24.7 Å². The topological polar surface area (TPSA) is 114 Å². The lowest BCUT2D eigenvalue weighted by atomic mass is 9.89. The number of carbonyl (C=O) groups is 2. The van der Waals surface area contributed by atoms with Gasteiger partial charge in [0.15, 0.2) is 6.29 Å². The van der Waals surface area contributed by atoms with Crippen LogP contribution in [0.25, 0.3) is 0 Å². The van der Waals surface area contributed by atoms with Crippen LogP contribution in [-0.2, 0) is 19.0 Å². The van der Waals surface area contributed by atoms with Crippen LogP contribution < -0.4 is 5.32 Å². The lowest BCUT2D eigenvalue weighted by molar-refractivity contribution is -0.236. The van der Waals surface area contributed by atoms with E-state index in [-0.39, 0.29) is 31.6 Å². The number of carbonyl (C=O) groups excluding carboxylic acids is 1. The molecule has 0 aliphatic rings.